The van der Waals surface area contributed by atoms with Gasteiger partial charge in [0.25, 0.3) is 0 Å². The van der Waals surface area contributed by atoms with Gasteiger partial charge in [0.2, 0.25) is 0 Å². The summed E-state index contributed by atoms with van der Waals surface area (Å²) in [5, 5.41) is 0.807. The Hall–Kier alpha value is -2.73. The maximum atomic E-state index is 6.20. The van der Waals surface area contributed by atoms with Crippen molar-refractivity contribution in [3.63, 3.8) is 0 Å². The molecule has 36 heavy (non-hydrogen) atoms. The van der Waals surface area contributed by atoms with Crippen LogP contribution in [0.2, 0.25) is 5.02 Å². The van der Waals surface area contributed by atoms with Gasteiger partial charge in [-0.05, 0) is 66.4 Å². The van der Waals surface area contributed by atoms with Gasteiger partial charge in [-0.2, -0.15) is 0 Å². The van der Waals surface area contributed by atoms with Crippen molar-refractivity contribution in [1.29, 1.82) is 0 Å². The van der Waals surface area contributed by atoms with E-state index >= 15 is 0 Å². The number of rotatable bonds is 8. The largest absolute Gasteiger partial charge is 0.493 e. The van der Waals surface area contributed by atoms with Gasteiger partial charge < -0.3 is 14.4 Å². The summed E-state index contributed by atoms with van der Waals surface area (Å²) in [5.74, 6) is 1.62. The van der Waals surface area contributed by atoms with Gasteiger partial charge in [0.15, 0.2) is 11.5 Å². The molecule has 2 aliphatic heterocycles. The number of halogens is 1. The normalized spacial score (nSPS) is 18.6. The molecule has 0 saturated carbocycles. The van der Waals surface area contributed by atoms with Gasteiger partial charge in [-0.1, -0.05) is 48.0 Å². The minimum absolute atomic E-state index is 0.231. The molecule has 1 atom stereocenters. The molecule has 0 spiro atoms. The Morgan fingerprint density at radius 3 is 2.28 bits per heavy atom. The molecule has 0 N–H and O–H groups in total. The standard InChI is InChI=1S/C30H36ClN3O2/c1-35-28-20-24-12-15-34(30(23-8-4-3-5-9-23)27(24)22-29(28)36-2)14-7-13-32-16-18-33(19-17-32)26-11-6-10-25(31)21-26/h3-6,8-11,20-22,30H,7,12-19H2,1-2H3. The lowest BCUT2D eigenvalue weighted by Crippen LogP contribution is -2.47. The van der Waals surface area contributed by atoms with Crippen LogP contribution >= 0.6 is 11.6 Å². The predicted molar refractivity (Wildman–Crippen MR) is 148 cm³/mol. The summed E-state index contributed by atoms with van der Waals surface area (Å²) in [6, 6.07) is 23.7. The summed E-state index contributed by atoms with van der Waals surface area (Å²) in [6.45, 7) is 7.52. The Kier molecular flexibility index (Phi) is 8.00. The molecule has 0 bridgehead atoms. The molecule has 2 aliphatic rings. The molecule has 3 aromatic carbocycles. The van der Waals surface area contributed by atoms with Crippen molar-refractivity contribution in [2.45, 2.75) is 18.9 Å². The zero-order valence-electron chi connectivity index (χ0n) is 21.3. The monoisotopic (exact) mass is 505 g/mol. The van der Waals surface area contributed by atoms with E-state index in [4.69, 9.17) is 21.1 Å². The average molecular weight is 506 g/mol. The molecule has 0 radical (unpaired) electrons. The quantitative estimate of drug-likeness (QED) is 0.402. The minimum atomic E-state index is 0.231. The number of piperazine rings is 1. The summed E-state index contributed by atoms with van der Waals surface area (Å²) >= 11 is 6.20. The second kappa shape index (κ2) is 11.5. The maximum Gasteiger partial charge on any atom is 0.161 e. The molecule has 0 amide bonds. The first kappa shape index (κ1) is 24.9. The van der Waals surface area contributed by atoms with Crippen LogP contribution in [0.5, 0.6) is 11.5 Å². The van der Waals surface area contributed by atoms with Crippen molar-refractivity contribution >= 4 is 17.3 Å². The Morgan fingerprint density at radius 2 is 1.56 bits per heavy atom. The van der Waals surface area contributed by atoms with Crippen molar-refractivity contribution in [2.24, 2.45) is 0 Å². The molecular formula is C30H36ClN3O2. The third-order valence-electron chi connectivity index (χ3n) is 7.55. The van der Waals surface area contributed by atoms with Crippen LogP contribution in [0, 0.1) is 0 Å². The van der Waals surface area contributed by atoms with Gasteiger partial charge in [0.1, 0.15) is 0 Å². The van der Waals surface area contributed by atoms with Crippen LogP contribution in [0.4, 0.5) is 5.69 Å². The van der Waals surface area contributed by atoms with E-state index in [9.17, 15) is 0 Å². The van der Waals surface area contributed by atoms with Crippen molar-refractivity contribution in [3.8, 4) is 11.5 Å². The molecule has 190 valence electrons. The van der Waals surface area contributed by atoms with E-state index in [1.54, 1.807) is 14.2 Å². The van der Waals surface area contributed by atoms with E-state index in [1.807, 2.05) is 12.1 Å². The van der Waals surface area contributed by atoms with E-state index in [-0.39, 0.29) is 6.04 Å². The topological polar surface area (TPSA) is 28.2 Å². The van der Waals surface area contributed by atoms with Crippen LogP contribution < -0.4 is 14.4 Å². The van der Waals surface area contributed by atoms with Crippen LogP contribution in [0.1, 0.15) is 29.2 Å². The van der Waals surface area contributed by atoms with Crippen LogP contribution in [0.25, 0.3) is 0 Å². The van der Waals surface area contributed by atoms with Crippen LogP contribution in [0.3, 0.4) is 0 Å². The van der Waals surface area contributed by atoms with Crippen molar-refractivity contribution < 1.29 is 9.47 Å². The Balaban J connectivity index is 1.24. The molecule has 5 rings (SSSR count). The molecule has 3 aromatic rings. The second-order valence-electron chi connectivity index (χ2n) is 9.67. The Bertz CT molecular complexity index is 1150. The summed E-state index contributed by atoms with van der Waals surface area (Å²) in [4.78, 5) is 7.69. The lowest BCUT2D eigenvalue weighted by atomic mass is 9.87. The first-order valence-corrected chi connectivity index (χ1v) is 13.3. The van der Waals surface area contributed by atoms with Crippen LogP contribution in [0.15, 0.2) is 66.7 Å². The lowest BCUT2D eigenvalue weighted by Gasteiger charge is -2.39. The van der Waals surface area contributed by atoms with Gasteiger partial charge in [0, 0.05) is 50.0 Å². The summed E-state index contributed by atoms with van der Waals surface area (Å²) in [7, 11) is 3.43. The highest BCUT2D eigenvalue weighted by Gasteiger charge is 2.30. The third kappa shape index (κ3) is 5.49. The molecule has 2 heterocycles. The van der Waals surface area contributed by atoms with E-state index in [0.29, 0.717) is 0 Å². The number of methoxy groups -OCH3 is 2. The molecular weight excluding hydrogens is 470 g/mol. The summed E-state index contributed by atoms with van der Waals surface area (Å²) in [6.07, 6.45) is 2.18. The zero-order valence-corrected chi connectivity index (χ0v) is 22.1. The maximum absolute atomic E-state index is 6.20. The summed E-state index contributed by atoms with van der Waals surface area (Å²) < 4.78 is 11.3. The molecule has 1 unspecified atom stereocenters. The predicted octanol–water partition coefficient (Wildman–Crippen LogP) is 5.52. The number of anilines is 1. The lowest BCUT2D eigenvalue weighted by molar-refractivity contribution is 0.186. The van der Waals surface area contributed by atoms with Gasteiger partial charge in [-0.3, -0.25) is 9.80 Å². The second-order valence-corrected chi connectivity index (χ2v) is 10.1. The first-order chi connectivity index (χ1) is 17.7. The smallest absolute Gasteiger partial charge is 0.161 e. The highest BCUT2D eigenvalue weighted by atomic mass is 35.5. The fourth-order valence-electron chi connectivity index (χ4n) is 5.66. The first-order valence-electron chi connectivity index (χ1n) is 12.9. The SMILES string of the molecule is COc1cc2c(cc1OC)C(c1ccccc1)N(CCCN1CCN(c3cccc(Cl)c3)CC1)CC2. The molecule has 0 aliphatic carbocycles. The highest BCUT2D eigenvalue weighted by Crippen LogP contribution is 2.41. The van der Waals surface area contributed by atoms with Gasteiger partial charge in [0.05, 0.1) is 20.3 Å². The fraction of sp³-hybridized carbons (Fsp3) is 0.400. The molecule has 1 fully saturated rings. The molecule has 6 heteroatoms. The number of ether oxygens (including phenoxy) is 2. The van der Waals surface area contributed by atoms with Crippen molar-refractivity contribution in [3.05, 3.63) is 88.4 Å². The number of benzene rings is 3. The van der Waals surface area contributed by atoms with E-state index < -0.39 is 0 Å². The fourth-order valence-corrected chi connectivity index (χ4v) is 5.85. The zero-order chi connectivity index (χ0) is 24.9. The van der Waals surface area contributed by atoms with Crippen LogP contribution in [-0.2, 0) is 6.42 Å². The van der Waals surface area contributed by atoms with E-state index in [1.165, 1.54) is 22.4 Å². The van der Waals surface area contributed by atoms with Gasteiger partial charge >= 0.3 is 0 Å². The van der Waals surface area contributed by atoms with Gasteiger partial charge in [-0.15, -0.1) is 0 Å². The minimum Gasteiger partial charge on any atom is -0.493 e. The number of hydrogen-bond acceptors (Lipinski definition) is 5. The molecule has 0 aromatic heterocycles. The molecule has 1 saturated heterocycles. The number of hydrogen-bond donors (Lipinski definition) is 0. The number of nitrogens with zero attached hydrogens (tertiary/aromatic N) is 3. The number of fused-ring (bicyclic) bond motifs is 1. The highest BCUT2D eigenvalue weighted by molar-refractivity contribution is 6.30. The Labute approximate surface area is 220 Å². The summed E-state index contributed by atoms with van der Waals surface area (Å²) in [5.41, 5.74) is 5.25. The van der Waals surface area contributed by atoms with Crippen LogP contribution in [-0.4, -0.2) is 69.8 Å². The third-order valence-corrected chi connectivity index (χ3v) is 7.79. The Morgan fingerprint density at radius 1 is 0.806 bits per heavy atom. The van der Waals surface area contributed by atoms with Gasteiger partial charge in [-0.25, -0.2) is 0 Å². The van der Waals surface area contributed by atoms with E-state index in [0.717, 1.165) is 75.2 Å². The molecule has 5 nitrogen and oxygen atoms in total. The van der Waals surface area contributed by atoms with E-state index in [2.05, 4.69) is 69.3 Å². The van der Waals surface area contributed by atoms with Crippen molar-refractivity contribution in [2.75, 3.05) is 64.9 Å². The average Bonchev–Trinajstić information content (AvgIpc) is 2.93. The van der Waals surface area contributed by atoms with Crippen molar-refractivity contribution in [1.82, 2.24) is 9.80 Å².